The summed E-state index contributed by atoms with van der Waals surface area (Å²) in [6.07, 6.45) is 0.0910. The number of para-hydroxylation sites is 1. The molecule has 1 atom stereocenters. The van der Waals surface area contributed by atoms with Crippen LogP contribution in [0.5, 0.6) is 0 Å². The Kier molecular flexibility index (Phi) is 6.98. The second-order valence-corrected chi connectivity index (χ2v) is 8.40. The summed E-state index contributed by atoms with van der Waals surface area (Å²) in [5, 5.41) is 9.31. The van der Waals surface area contributed by atoms with E-state index in [0.29, 0.717) is 5.69 Å². The smallest absolute Gasteiger partial charge is 0.303 e. The summed E-state index contributed by atoms with van der Waals surface area (Å²) < 4.78 is 32.6. The predicted molar refractivity (Wildman–Crippen MR) is 105 cm³/mol. The number of hydrogen-bond acceptors (Lipinski definition) is 5. The van der Waals surface area contributed by atoms with Gasteiger partial charge in [-0.15, -0.1) is 0 Å². The normalized spacial score (nSPS) is 13.6. The first kappa shape index (κ1) is 20.9. The van der Waals surface area contributed by atoms with Crippen molar-refractivity contribution in [3.8, 4) is 0 Å². The van der Waals surface area contributed by atoms with Crippen molar-refractivity contribution >= 4 is 21.7 Å². The molecule has 0 aliphatic rings. The Balaban J connectivity index is 2.27. The minimum absolute atomic E-state index is 0.0397. The van der Waals surface area contributed by atoms with Crippen LogP contribution in [0.3, 0.4) is 0 Å². The zero-order chi connectivity index (χ0) is 19.9. The van der Waals surface area contributed by atoms with Crippen LogP contribution in [0, 0.1) is 0 Å². The fourth-order valence-electron chi connectivity index (χ4n) is 2.91. The van der Waals surface area contributed by atoms with E-state index in [0.717, 1.165) is 5.56 Å². The van der Waals surface area contributed by atoms with E-state index in [-0.39, 0.29) is 25.3 Å². The highest BCUT2D eigenvalue weighted by Gasteiger charge is 2.33. The summed E-state index contributed by atoms with van der Waals surface area (Å²) in [4.78, 5) is 11.6. The molecule has 2 aromatic carbocycles. The van der Waals surface area contributed by atoms with Crippen LogP contribution in [0.2, 0.25) is 0 Å². The van der Waals surface area contributed by atoms with Gasteiger partial charge in [-0.25, -0.2) is 8.42 Å². The third-order valence-electron chi connectivity index (χ3n) is 4.27. The molecular weight excluding hydrogens is 366 g/mol. The lowest BCUT2D eigenvalue weighted by molar-refractivity contribution is -0.156. The fraction of sp³-hybridized carbons (Fsp3) is 0.350. The number of rotatable bonds is 9. The van der Waals surface area contributed by atoms with Gasteiger partial charge in [-0.1, -0.05) is 48.5 Å². The van der Waals surface area contributed by atoms with Crippen molar-refractivity contribution < 1.29 is 23.1 Å². The van der Waals surface area contributed by atoms with Crippen LogP contribution in [0.1, 0.15) is 25.8 Å². The highest BCUT2D eigenvalue weighted by molar-refractivity contribution is 7.92. The molecule has 7 heteroatoms. The molecule has 0 saturated carbocycles. The van der Waals surface area contributed by atoms with E-state index in [4.69, 9.17) is 4.74 Å². The average Bonchev–Trinajstić information content (AvgIpc) is 2.65. The van der Waals surface area contributed by atoms with Gasteiger partial charge in [0.05, 0.1) is 24.6 Å². The van der Waals surface area contributed by atoms with Gasteiger partial charge < -0.3 is 9.84 Å². The molecule has 0 fully saturated rings. The minimum Gasteiger partial charge on any atom is -0.455 e. The van der Waals surface area contributed by atoms with Crippen LogP contribution >= 0.6 is 0 Å². The Morgan fingerprint density at radius 2 is 1.63 bits per heavy atom. The van der Waals surface area contributed by atoms with Crippen LogP contribution in [0.25, 0.3) is 0 Å². The zero-order valence-corrected chi connectivity index (χ0v) is 16.4. The van der Waals surface area contributed by atoms with E-state index in [1.807, 2.05) is 18.2 Å². The number of carbonyl (C=O) groups excluding carboxylic acids is 1. The van der Waals surface area contributed by atoms with E-state index in [1.54, 1.807) is 49.4 Å². The van der Waals surface area contributed by atoms with Crippen LogP contribution in [-0.4, -0.2) is 38.4 Å². The van der Waals surface area contributed by atoms with Gasteiger partial charge in [-0.3, -0.25) is 9.10 Å². The number of carbonyl (C=O) groups is 1. The first-order valence-electron chi connectivity index (χ1n) is 8.70. The van der Waals surface area contributed by atoms with E-state index in [1.165, 1.54) is 11.2 Å². The van der Waals surface area contributed by atoms with Gasteiger partial charge in [0.15, 0.2) is 0 Å². The number of ether oxygens (including phenoxy) is 1. The second kappa shape index (κ2) is 9.01. The third-order valence-corrected chi connectivity index (χ3v) is 6.06. The van der Waals surface area contributed by atoms with E-state index in [2.05, 4.69) is 0 Å². The fourth-order valence-corrected chi connectivity index (χ4v) is 4.58. The molecule has 1 unspecified atom stereocenters. The number of aliphatic hydroxyl groups is 1. The zero-order valence-electron chi connectivity index (χ0n) is 15.5. The minimum atomic E-state index is -3.73. The highest BCUT2D eigenvalue weighted by atomic mass is 32.2. The second-order valence-electron chi connectivity index (χ2n) is 6.39. The van der Waals surface area contributed by atoms with Gasteiger partial charge in [0.2, 0.25) is 10.0 Å². The van der Waals surface area contributed by atoms with Crippen molar-refractivity contribution in [3.63, 3.8) is 0 Å². The topological polar surface area (TPSA) is 83.9 Å². The highest BCUT2D eigenvalue weighted by Crippen LogP contribution is 2.31. The maximum atomic E-state index is 13.0. The number of sulfonamides is 1. The lowest BCUT2D eigenvalue weighted by atomic mass is 9.93. The summed E-state index contributed by atoms with van der Waals surface area (Å²) in [5.41, 5.74) is 0.145. The molecular formula is C20H25NO5S. The summed E-state index contributed by atoms with van der Waals surface area (Å²) in [7, 11) is -3.73. The van der Waals surface area contributed by atoms with Crippen LogP contribution in [0.4, 0.5) is 5.69 Å². The largest absolute Gasteiger partial charge is 0.455 e. The lowest BCUT2D eigenvalue weighted by Gasteiger charge is -2.31. The lowest BCUT2D eigenvalue weighted by Crippen LogP contribution is -2.38. The molecule has 0 aromatic heterocycles. The Labute approximate surface area is 160 Å². The number of nitrogens with zero attached hydrogens (tertiary/aromatic N) is 1. The monoisotopic (exact) mass is 391 g/mol. The molecule has 146 valence electrons. The standard InChI is InChI=1S/C20H25NO5S/c1-17(23)26-20(2,18-9-5-3-6-10-18)13-16-27(24,25)21(14-15-22)19-11-7-4-8-12-19/h3-12,22H,13-16H2,1-2H3. The molecule has 0 radical (unpaired) electrons. The molecule has 2 aromatic rings. The van der Waals surface area contributed by atoms with Crippen molar-refractivity contribution in [1.29, 1.82) is 0 Å². The van der Waals surface area contributed by atoms with Gasteiger partial charge >= 0.3 is 5.97 Å². The Bertz CT molecular complexity index is 839. The summed E-state index contributed by atoms with van der Waals surface area (Å²) in [6.45, 7) is 2.67. The molecule has 0 amide bonds. The summed E-state index contributed by atoms with van der Waals surface area (Å²) >= 11 is 0. The van der Waals surface area contributed by atoms with Gasteiger partial charge in [0, 0.05) is 13.3 Å². The van der Waals surface area contributed by atoms with Gasteiger partial charge in [-0.05, 0) is 24.6 Å². The molecule has 0 spiro atoms. The summed E-state index contributed by atoms with van der Waals surface area (Å²) in [5.74, 6) is -0.713. The van der Waals surface area contributed by atoms with E-state index >= 15 is 0 Å². The molecule has 27 heavy (non-hydrogen) atoms. The maximum absolute atomic E-state index is 13.0. The number of hydrogen-bond donors (Lipinski definition) is 1. The first-order chi connectivity index (χ1) is 12.8. The molecule has 6 nitrogen and oxygen atoms in total. The van der Waals surface area contributed by atoms with E-state index < -0.39 is 21.6 Å². The number of aliphatic hydroxyl groups excluding tert-OH is 1. The van der Waals surface area contributed by atoms with Crippen LogP contribution in [-0.2, 0) is 25.2 Å². The van der Waals surface area contributed by atoms with Crippen molar-refractivity contribution in [2.24, 2.45) is 0 Å². The quantitative estimate of drug-likeness (QED) is 0.665. The molecule has 1 N–H and O–H groups in total. The predicted octanol–water partition coefficient (Wildman–Crippen LogP) is 2.68. The van der Waals surface area contributed by atoms with E-state index in [9.17, 15) is 18.3 Å². The molecule has 0 saturated heterocycles. The molecule has 0 heterocycles. The first-order valence-corrected chi connectivity index (χ1v) is 10.3. The Morgan fingerprint density at radius 1 is 1.07 bits per heavy atom. The number of esters is 1. The van der Waals surface area contributed by atoms with Crippen molar-refractivity contribution in [2.45, 2.75) is 25.9 Å². The van der Waals surface area contributed by atoms with Crippen molar-refractivity contribution in [3.05, 3.63) is 66.2 Å². The maximum Gasteiger partial charge on any atom is 0.303 e. The van der Waals surface area contributed by atoms with Crippen LogP contribution in [0.15, 0.2) is 60.7 Å². The Hall–Kier alpha value is -2.38. The van der Waals surface area contributed by atoms with Crippen molar-refractivity contribution in [1.82, 2.24) is 0 Å². The van der Waals surface area contributed by atoms with Gasteiger partial charge in [0.1, 0.15) is 5.60 Å². The third kappa shape index (κ3) is 5.55. The SMILES string of the molecule is CC(=O)OC(C)(CCS(=O)(=O)N(CCO)c1ccccc1)c1ccccc1. The molecule has 0 bridgehead atoms. The molecule has 2 rings (SSSR count). The van der Waals surface area contributed by atoms with Gasteiger partial charge in [-0.2, -0.15) is 0 Å². The van der Waals surface area contributed by atoms with Gasteiger partial charge in [0.25, 0.3) is 0 Å². The molecule has 0 aliphatic carbocycles. The number of benzene rings is 2. The Morgan fingerprint density at radius 3 is 2.15 bits per heavy atom. The molecule has 0 aliphatic heterocycles. The van der Waals surface area contributed by atoms with Crippen molar-refractivity contribution in [2.75, 3.05) is 23.2 Å². The summed E-state index contributed by atoms with van der Waals surface area (Å²) in [6, 6.07) is 17.7. The number of anilines is 1. The average molecular weight is 391 g/mol. The van der Waals surface area contributed by atoms with Crippen LogP contribution < -0.4 is 4.31 Å².